The van der Waals surface area contributed by atoms with Crippen molar-refractivity contribution in [2.45, 2.75) is 25.2 Å². The van der Waals surface area contributed by atoms with Gasteiger partial charge in [0.15, 0.2) is 0 Å². The van der Waals surface area contributed by atoms with Crippen LogP contribution in [0.2, 0.25) is 5.02 Å². The fourth-order valence-corrected chi connectivity index (χ4v) is 2.70. The molecule has 0 unspecified atom stereocenters. The van der Waals surface area contributed by atoms with E-state index in [9.17, 15) is 8.42 Å². The highest BCUT2D eigenvalue weighted by molar-refractivity contribution is 7.89. The Balaban J connectivity index is 2.60. The van der Waals surface area contributed by atoms with Gasteiger partial charge in [0.1, 0.15) is 0 Å². The van der Waals surface area contributed by atoms with Crippen molar-refractivity contribution in [2.24, 2.45) is 0 Å². The van der Waals surface area contributed by atoms with Gasteiger partial charge in [0.2, 0.25) is 10.0 Å². The average molecular weight is 291 g/mol. The molecule has 1 aromatic rings. The minimum atomic E-state index is -3.46. The van der Waals surface area contributed by atoms with Crippen LogP contribution in [0.5, 0.6) is 0 Å². The molecule has 0 aromatic heterocycles. The molecule has 0 aliphatic heterocycles. The Labute approximate surface area is 114 Å². The van der Waals surface area contributed by atoms with Crippen LogP contribution in [0, 0.1) is 6.92 Å². The molecule has 102 valence electrons. The highest BCUT2D eigenvalue weighted by Crippen LogP contribution is 2.19. The van der Waals surface area contributed by atoms with Crippen molar-refractivity contribution in [3.05, 3.63) is 28.8 Å². The van der Waals surface area contributed by atoms with Crippen molar-refractivity contribution >= 4 is 21.6 Å². The third kappa shape index (κ3) is 4.57. The number of hydrogen-bond donors (Lipinski definition) is 2. The lowest BCUT2D eigenvalue weighted by Gasteiger charge is -2.08. The van der Waals surface area contributed by atoms with Crippen molar-refractivity contribution in [1.29, 1.82) is 0 Å². The summed E-state index contributed by atoms with van der Waals surface area (Å²) in [5, 5.41) is 3.59. The third-order valence-electron chi connectivity index (χ3n) is 2.47. The normalized spacial score (nSPS) is 11.7. The Morgan fingerprint density at radius 1 is 1.22 bits per heavy atom. The van der Waals surface area contributed by atoms with Gasteiger partial charge in [-0.3, -0.25) is 0 Å². The lowest BCUT2D eigenvalue weighted by Crippen LogP contribution is -2.32. The first-order valence-electron chi connectivity index (χ1n) is 5.94. The highest BCUT2D eigenvalue weighted by atomic mass is 35.5. The number of halogens is 1. The van der Waals surface area contributed by atoms with Crippen LogP contribution < -0.4 is 10.0 Å². The molecule has 0 atom stereocenters. The molecule has 0 radical (unpaired) electrons. The second-order valence-electron chi connectivity index (χ2n) is 4.06. The van der Waals surface area contributed by atoms with E-state index in [1.165, 1.54) is 6.07 Å². The Kier molecular flexibility index (Phi) is 6.08. The Hall–Kier alpha value is -0.620. The smallest absolute Gasteiger partial charge is 0.240 e. The number of sulfonamides is 1. The van der Waals surface area contributed by atoms with Crippen LogP contribution in [0.4, 0.5) is 0 Å². The maximum atomic E-state index is 11.9. The zero-order chi connectivity index (χ0) is 13.6. The Morgan fingerprint density at radius 3 is 2.56 bits per heavy atom. The molecule has 1 rings (SSSR count). The summed E-state index contributed by atoms with van der Waals surface area (Å²) >= 11 is 5.92. The molecule has 0 heterocycles. The van der Waals surface area contributed by atoms with E-state index < -0.39 is 10.0 Å². The summed E-state index contributed by atoms with van der Waals surface area (Å²) in [6.07, 6.45) is 1.03. The monoisotopic (exact) mass is 290 g/mol. The molecule has 0 aliphatic rings. The number of hydrogen-bond acceptors (Lipinski definition) is 3. The van der Waals surface area contributed by atoms with E-state index in [-0.39, 0.29) is 4.90 Å². The largest absolute Gasteiger partial charge is 0.315 e. The molecule has 0 fully saturated rings. The summed E-state index contributed by atoms with van der Waals surface area (Å²) in [6.45, 7) is 5.77. The van der Waals surface area contributed by atoms with Crippen LogP contribution in [0.1, 0.15) is 18.9 Å². The predicted octanol–water partition coefficient (Wildman–Crippen LogP) is 1.93. The van der Waals surface area contributed by atoms with Gasteiger partial charge in [0, 0.05) is 18.1 Å². The van der Waals surface area contributed by atoms with Crippen molar-refractivity contribution in [3.8, 4) is 0 Å². The van der Waals surface area contributed by atoms with Crippen molar-refractivity contribution in [1.82, 2.24) is 10.0 Å². The van der Waals surface area contributed by atoms with Crippen molar-refractivity contribution < 1.29 is 8.42 Å². The molecule has 0 amide bonds. The molecule has 0 bridgehead atoms. The fraction of sp³-hybridized carbons (Fsp3) is 0.500. The molecule has 1 aromatic carbocycles. The van der Waals surface area contributed by atoms with Crippen LogP contribution >= 0.6 is 11.6 Å². The summed E-state index contributed by atoms with van der Waals surface area (Å²) in [7, 11) is -3.46. The van der Waals surface area contributed by atoms with Crippen LogP contribution in [0.25, 0.3) is 0 Å². The molecule has 6 heteroatoms. The minimum Gasteiger partial charge on any atom is -0.315 e. The zero-order valence-electron chi connectivity index (χ0n) is 10.7. The van der Waals surface area contributed by atoms with Crippen molar-refractivity contribution in [3.63, 3.8) is 0 Å². The summed E-state index contributed by atoms with van der Waals surface area (Å²) in [5.41, 5.74) is 0.861. The van der Waals surface area contributed by atoms with E-state index >= 15 is 0 Å². The Morgan fingerprint density at radius 2 is 1.94 bits per heavy atom. The molecular formula is C12H19ClN2O2S. The van der Waals surface area contributed by atoms with Gasteiger partial charge in [-0.15, -0.1) is 0 Å². The molecule has 0 spiro atoms. The summed E-state index contributed by atoms with van der Waals surface area (Å²) in [5.74, 6) is 0. The van der Waals surface area contributed by atoms with E-state index in [4.69, 9.17) is 11.6 Å². The number of aryl methyl sites for hydroxylation is 1. The topological polar surface area (TPSA) is 58.2 Å². The van der Waals surface area contributed by atoms with Gasteiger partial charge in [0.25, 0.3) is 0 Å². The van der Waals surface area contributed by atoms with E-state index in [1.54, 1.807) is 12.1 Å². The highest BCUT2D eigenvalue weighted by Gasteiger charge is 2.13. The quantitative estimate of drug-likeness (QED) is 0.755. The van der Waals surface area contributed by atoms with Gasteiger partial charge in [-0.05, 0) is 37.6 Å². The van der Waals surface area contributed by atoms with Crippen LogP contribution in [-0.2, 0) is 10.0 Å². The summed E-state index contributed by atoms with van der Waals surface area (Å²) in [4.78, 5) is 0.202. The number of rotatable bonds is 7. The van der Waals surface area contributed by atoms with E-state index in [2.05, 4.69) is 17.0 Å². The molecule has 0 aliphatic carbocycles. The Bertz CT molecular complexity index is 489. The fourth-order valence-electron chi connectivity index (χ4n) is 1.40. The van der Waals surface area contributed by atoms with Gasteiger partial charge in [-0.25, -0.2) is 13.1 Å². The first-order valence-corrected chi connectivity index (χ1v) is 7.80. The molecule has 4 nitrogen and oxygen atoms in total. The summed E-state index contributed by atoms with van der Waals surface area (Å²) < 4.78 is 26.4. The minimum absolute atomic E-state index is 0.202. The standard InChI is InChI=1S/C12H19ClN2O2S/c1-3-6-14-7-8-15-18(16,17)11-5-4-10(2)12(13)9-11/h4-5,9,14-15H,3,6-8H2,1-2H3. The van der Waals surface area contributed by atoms with Crippen LogP contribution in [0.15, 0.2) is 23.1 Å². The van der Waals surface area contributed by atoms with Gasteiger partial charge in [-0.1, -0.05) is 24.6 Å². The lowest BCUT2D eigenvalue weighted by atomic mass is 10.2. The van der Waals surface area contributed by atoms with E-state index in [1.807, 2.05) is 6.92 Å². The van der Waals surface area contributed by atoms with E-state index in [0.29, 0.717) is 18.1 Å². The van der Waals surface area contributed by atoms with Crippen LogP contribution in [-0.4, -0.2) is 28.1 Å². The second-order valence-corrected chi connectivity index (χ2v) is 6.23. The lowest BCUT2D eigenvalue weighted by molar-refractivity contribution is 0.575. The second kappa shape index (κ2) is 7.09. The predicted molar refractivity (Wildman–Crippen MR) is 74.5 cm³/mol. The van der Waals surface area contributed by atoms with Gasteiger partial charge in [0.05, 0.1) is 4.90 Å². The number of nitrogens with one attached hydrogen (secondary N) is 2. The van der Waals surface area contributed by atoms with Crippen molar-refractivity contribution in [2.75, 3.05) is 19.6 Å². The molecule has 0 saturated heterocycles. The molecule has 0 saturated carbocycles. The first-order chi connectivity index (χ1) is 8.47. The van der Waals surface area contributed by atoms with Gasteiger partial charge >= 0.3 is 0 Å². The van der Waals surface area contributed by atoms with E-state index in [0.717, 1.165) is 18.5 Å². The SMILES string of the molecule is CCCNCCNS(=O)(=O)c1ccc(C)c(Cl)c1. The molecular weight excluding hydrogens is 272 g/mol. The third-order valence-corrected chi connectivity index (χ3v) is 4.34. The maximum absolute atomic E-state index is 11.9. The summed E-state index contributed by atoms with van der Waals surface area (Å²) in [6, 6.07) is 4.73. The molecule has 18 heavy (non-hydrogen) atoms. The zero-order valence-corrected chi connectivity index (χ0v) is 12.2. The maximum Gasteiger partial charge on any atom is 0.240 e. The van der Waals surface area contributed by atoms with Crippen LogP contribution in [0.3, 0.4) is 0 Å². The number of benzene rings is 1. The first kappa shape index (κ1) is 15.4. The van der Waals surface area contributed by atoms with Gasteiger partial charge in [-0.2, -0.15) is 0 Å². The molecule has 2 N–H and O–H groups in total. The van der Waals surface area contributed by atoms with Gasteiger partial charge < -0.3 is 5.32 Å². The average Bonchev–Trinajstić information content (AvgIpc) is 2.32.